The molecule has 0 aliphatic carbocycles. The van der Waals surface area contributed by atoms with Gasteiger partial charge in [0.2, 0.25) is 5.96 Å². The summed E-state index contributed by atoms with van der Waals surface area (Å²) in [4.78, 5) is 18.5. The molecule has 2 N–H and O–H groups in total. The Morgan fingerprint density at radius 2 is 2.39 bits per heavy atom. The zero-order valence-corrected chi connectivity index (χ0v) is 9.33. The number of fused-ring (bicyclic) bond motifs is 1. The number of nitro benzene ring substituents is 1. The summed E-state index contributed by atoms with van der Waals surface area (Å²) < 4.78 is 1.68. The van der Waals surface area contributed by atoms with Gasteiger partial charge in [-0.25, -0.2) is 9.66 Å². The Balaban J connectivity index is 1.96. The summed E-state index contributed by atoms with van der Waals surface area (Å²) in [6.07, 6.45) is 1.57. The first-order valence-corrected chi connectivity index (χ1v) is 5.41. The summed E-state index contributed by atoms with van der Waals surface area (Å²) in [6.45, 7) is 1.54. The molecule has 1 aromatic carbocycles. The van der Waals surface area contributed by atoms with Crippen LogP contribution < -0.4 is 10.7 Å². The van der Waals surface area contributed by atoms with Crippen molar-refractivity contribution in [2.75, 3.05) is 18.5 Å². The van der Waals surface area contributed by atoms with Crippen LogP contribution in [-0.4, -0.2) is 33.6 Å². The lowest BCUT2D eigenvalue weighted by atomic mass is 10.3. The highest BCUT2D eigenvalue weighted by Crippen LogP contribution is 2.18. The molecule has 3 rings (SSSR count). The number of non-ortho nitro benzene ring substituents is 1. The van der Waals surface area contributed by atoms with Crippen LogP contribution in [-0.2, 0) is 0 Å². The number of nitrogens with one attached hydrogen (secondary N) is 2. The highest BCUT2D eigenvalue weighted by atomic mass is 16.6. The predicted molar refractivity (Wildman–Crippen MR) is 66.1 cm³/mol. The van der Waals surface area contributed by atoms with E-state index in [9.17, 15) is 10.1 Å². The van der Waals surface area contributed by atoms with E-state index < -0.39 is 4.92 Å². The summed E-state index contributed by atoms with van der Waals surface area (Å²) in [6, 6.07) is 4.55. The summed E-state index contributed by atoms with van der Waals surface area (Å²) in [5.41, 5.74) is 4.39. The zero-order valence-electron chi connectivity index (χ0n) is 9.33. The molecular formula is C10H10N6O2. The van der Waals surface area contributed by atoms with Crippen LogP contribution in [0.5, 0.6) is 0 Å². The summed E-state index contributed by atoms with van der Waals surface area (Å²) in [7, 11) is 0. The highest BCUT2D eigenvalue weighted by Gasteiger charge is 2.11. The second kappa shape index (κ2) is 3.99. The zero-order chi connectivity index (χ0) is 12.5. The largest absolute Gasteiger partial charge is 0.353 e. The second-order valence-electron chi connectivity index (χ2n) is 3.81. The number of benzene rings is 1. The molecule has 92 valence electrons. The number of aliphatic imine (C=N–C) groups is 1. The fraction of sp³-hybridized carbons (Fsp3) is 0.200. The number of hydrogen-bond donors (Lipinski definition) is 2. The molecule has 1 aliphatic heterocycles. The first-order chi connectivity index (χ1) is 8.74. The van der Waals surface area contributed by atoms with E-state index in [1.807, 2.05) is 0 Å². The van der Waals surface area contributed by atoms with E-state index in [1.165, 1.54) is 12.1 Å². The molecular weight excluding hydrogens is 236 g/mol. The topological polar surface area (TPSA) is 97.4 Å². The molecule has 2 aromatic rings. The third-order valence-corrected chi connectivity index (χ3v) is 2.64. The molecule has 1 aromatic heterocycles. The molecule has 0 unspecified atom stereocenters. The van der Waals surface area contributed by atoms with Crippen LogP contribution in [0.2, 0.25) is 0 Å². The van der Waals surface area contributed by atoms with Crippen LogP contribution in [0.25, 0.3) is 11.0 Å². The molecule has 2 heterocycles. The van der Waals surface area contributed by atoms with Crippen molar-refractivity contribution in [3.05, 3.63) is 34.6 Å². The van der Waals surface area contributed by atoms with Crippen LogP contribution >= 0.6 is 0 Å². The second-order valence-corrected chi connectivity index (χ2v) is 3.81. The highest BCUT2D eigenvalue weighted by molar-refractivity contribution is 5.90. The smallest absolute Gasteiger partial charge is 0.271 e. The molecule has 0 radical (unpaired) electrons. The van der Waals surface area contributed by atoms with Gasteiger partial charge in [0.05, 0.1) is 22.5 Å². The van der Waals surface area contributed by atoms with Gasteiger partial charge >= 0.3 is 0 Å². The van der Waals surface area contributed by atoms with E-state index >= 15 is 0 Å². The van der Waals surface area contributed by atoms with Crippen LogP contribution in [0.1, 0.15) is 0 Å². The Labute approximate surface area is 101 Å². The molecule has 0 bridgehead atoms. The quantitative estimate of drug-likeness (QED) is 0.592. The molecule has 1 aliphatic rings. The molecule has 8 nitrogen and oxygen atoms in total. The summed E-state index contributed by atoms with van der Waals surface area (Å²) in [5, 5.41) is 13.7. The van der Waals surface area contributed by atoms with E-state index in [0.717, 1.165) is 18.6 Å². The third-order valence-electron chi connectivity index (χ3n) is 2.64. The van der Waals surface area contributed by atoms with Crippen molar-refractivity contribution in [2.45, 2.75) is 0 Å². The molecule has 0 spiro atoms. The Kier molecular flexibility index (Phi) is 2.33. The standard InChI is InChI=1S/C10H10N6O2/c17-16(18)7-1-2-9-8(5-7)13-6-15(9)14-10-11-3-4-12-10/h1-2,5-6H,3-4H2,(H2,11,12,14). The van der Waals surface area contributed by atoms with Crippen LogP contribution in [0.4, 0.5) is 5.69 Å². The minimum absolute atomic E-state index is 0.0316. The number of nitro groups is 1. The number of guanidine groups is 1. The van der Waals surface area contributed by atoms with Gasteiger partial charge in [-0.15, -0.1) is 0 Å². The lowest BCUT2D eigenvalue weighted by Gasteiger charge is -2.07. The maximum Gasteiger partial charge on any atom is 0.271 e. The van der Waals surface area contributed by atoms with Gasteiger partial charge in [-0.05, 0) is 6.07 Å². The van der Waals surface area contributed by atoms with Crippen LogP contribution in [0, 0.1) is 10.1 Å². The monoisotopic (exact) mass is 246 g/mol. The Bertz CT molecular complexity index is 647. The SMILES string of the molecule is O=[N+]([O-])c1ccc2c(c1)ncn2NC1=NCCN1. The molecule has 0 atom stereocenters. The first kappa shape index (κ1) is 10.5. The number of nitrogens with zero attached hydrogens (tertiary/aromatic N) is 4. The molecule has 0 fully saturated rings. The number of imidazole rings is 1. The fourth-order valence-corrected chi connectivity index (χ4v) is 1.79. The Morgan fingerprint density at radius 3 is 3.11 bits per heavy atom. The average Bonchev–Trinajstić information content (AvgIpc) is 2.99. The van der Waals surface area contributed by atoms with Crippen molar-refractivity contribution < 1.29 is 4.92 Å². The van der Waals surface area contributed by atoms with Gasteiger partial charge < -0.3 is 5.32 Å². The van der Waals surface area contributed by atoms with Gasteiger partial charge in [0, 0.05) is 18.7 Å². The molecule has 8 heteroatoms. The molecule has 0 amide bonds. The molecule has 18 heavy (non-hydrogen) atoms. The van der Waals surface area contributed by atoms with Crippen LogP contribution in [0.15, 0.2) is 29.5 Å². The van der Waals surface area contributed by atoms with Crippen molar-refractivity contribution in [1.82, 2.24) is 15.0 Å². The number of aromatic nitrogens is 2. The van der Waals surface area contributed by atoms with Crippen molar-refractivity contribution in [3.63, 3.8) is 0 Å². The van der Waals surface area contributed by atoms with Gasteiger partial charge in [-0.1, -0.05) is 0 Å². The van der Waals surface area contributed by atoms with Gasteiger partial charge in [0.25, 0.3) is 5.69 Å². The van der Waals surface area contributed by atoms with E-state index in [2.05, 4.69) is 20.7 Å². The average molecular weight is 246 g/mol. The van der Waals surface area contributed by atoms with Crippen molar-refractivity contribution >= 4 is 22.7 Å². The van der Waals surface area contributed by atoms with Gasteiger partial charge in [-0.2, -0.15) is 0 Å². The number of rotatable bonds is 2. The third kappa shape index (κ3) is 1.73. The predicted octanol–water partition coefficient (Wildman–Crippen LogP) is 0.447. The minimum Gasteiger partial charge on any atom is -0.353 e. The van der Waals surface area contributed by atoms with E-state index in [4.69, 9.17) is 0 Å². The minimum atomic E-state index is -0.436. The van der Waals surface area contributed by atoms with Gasteiger partial charge in [0.1, 0.15) is 6.33 Å². The van der Waals surface area contributed by atoms with Crippen molar-refractivity contribution in [3.8, 4) is 0 Å². The molecule has 0 saturated carbocycles. The number of hydrogen-bond acceptors (Lipinski definition) is 6. The summed E-state index contributed by atoms with van der Waals surface area (Å²) >= 11 is 0. The maximum atomic E-state index is 10.7. The molecule has 0 saturated heterocycles. The first-order valence-electron chi connectivity index (χ1n) is 5.41. The summed E-state index contributed by atoms with van der Waals surface area (Å²) in [5.74, 6) is 0.674. The van der Waals surface area contributed by atoms with Gasteiger partial charge in [-0.3, -0.25) is 20.5 Å². The Morgan fingerprint density at radius 1 is 1.50 bits per heavy atom. The lowest BCUT2D eigenvalue weighted by molar-refractivity contribution is -0.384. The van der Waals surface area contributed by atoms with Crippen molar-refractivity contribution in [2.24, 2.45) is 4.99 Å². The maximum absolute atomic E-state index is 10.7. The fourth-order valence-electron chi connectivity index (χ4n) is 1.79. The van der Waals surface area contributed by atoms with Crippen LogP contribution in [0.3, 0.4) is 0 Å². The van der Waals surface area contributed by atoms with E-state index in [0.29, 0.717) is 11.5 Å². The lowest BCUT2D eigenvalue weighted by Crippen LogP contribution is -2.31. The Hall–Kier alpha value is -2.64. The van der Waals surface area contributed by atoms with Crippen molar-refractivity contribution in [1.29, 1.82) is 0 Å². The van der Waals surface area contributed by atoms with E-state index in [1.54, 1.807) is 17.1 Å². The normalized spacial score (nSPS) is 14.3. The van der Waals surface area contributed by atoms with E-state index in [-0.39, 0.29) is 5.69 Å². The van der Waals surface area contributed by atoms with Gasteiger partial charge in [0.15, 0.2) is 0 Å².